The van der Waals surface area contributed by atoms with Crippen molar-refractivity contribution in [1.29, 1.82) is 0 Å². The number of ether oxygens (including phenoxy) is 2. The Bertz CT molecular complexity index is 971. The van der Waals surface area contributed by atoms with E-state index in [-0.39, 0.29) is 6.61 Å². The summed E-state index contributed by atoms with van der Waals surface area (Å²) in [4.78, 5) is 29.1. The number of unbranched alkanes of at least 4 members (excludes halogenated alkanes) is 1. The third-order valence-corrected chi connectivity index (χ3v) is 5.96. The summed E-state index contributed by atoms with van der Waals surface area (Å²) in [6.45, 7) is 7.31. The van der Waals surface area contributed by atoms with Gasteiger partial charge in [0.25, 0.3) is 0 Å². The van der Waals surface area contributed by atoms with Crippen molar-refractivity contribution in [3.05, 3.63) is 71.3 Å². The minimum Gasteiger partial charge on any atom is -0.465 e. The molecule has 0 atom stereocenters. The van der Waals surface area contributed by atoms with Crippen LogP contribution in [0.1, 0.15) is 47.7 Å². The van der Waals surface area contributed by atoms with Crippen molar-refractivity contribution < 1.29 is 19.1 Å². The Labute approximate surface area is 196 Å². The van der Waals surface area contributed by atoms with Gasteiger partial charge in [-0.25, -0.2) is 9.59 Å². The highest BCUT2D eigenvalue weighted by atomic mass is 16.6. The molecule has 0 saturated carbocycles. The second kappa shape index (κ2) is 12.2. The third-order valence-electron chi connectivity index (χ3n) is 5.96. The van der Waals surface area contributed by atoms with Gasteiger partial charge in [0.05, 0.1) is 25.0 Å². The first-order valence-electron chi connectivity index (χ1n) is 11.6. The Morgan fingerprint density at radius 2 is 1.85 bits per heavy atom. The highest BCUT2D eigenvalue weighted by Crippen LogP contribution is 2.26. The maximum absolute atomic E-state index is 12.7. The van der Waals surface area contributed by atoms with Crippen LogP contribution in [0.25, 0.3) is 5.57 Å². The van der Waals surface area contributed by atoms with Gasteiger partial charge in [0.1, 0.15) is 0 Å². The van der Waals surface area contributed by atoms with Gasteiger partial charge < -0.3 is 9.47 Å². The molecule has 2 aromatic rings. The fourth-order valence-corrected chi connectivity index (χ4v) is 4.19. The molecule has 0 unspecified atom stereocenters. The molecule has 6 nitrogen and oxygen atoms in total. The summed E-state index contributed by atoms with van der Waals surface area (Å²) in [7, 11) is 1.35. The van der Waals surface area contributed by atoms with Crippen LogP contribution in [-0.4, -0.2) is 56.9 Å². The molecule has 1 amide bonds. The van der Waals surface area contributed by atoms with Crippen LogP contribution >= 0.6 is 0 Å². The van der Waals surface area contributed by atoms with Crippen molar-refractivity contribution in [2.75, 3.05) is 44.8 Å². The van der Waals surface area contributed by atoms with Gasteiger partial charge >= 0.3 is 12.1 Å². The number of rotatable bonds is 9. The molecule has 1 aliphatic heterocycles. The summed E-state index contributed by atoms with van der Waals surface area (Å²) in [5, 5.41) is 0. The number of hydrogen-bond donors (Lipinski definition) is 0. The van der Waals surface area contributed by atoms with E-state index in [1.807, 2.05) is 25.1 Å². The molecule has 0 spiro atoms. The summed E-state index contributed by atoms with van der Waals surface area (Å²) >= 11 is 0. The second-order valence-electron chi connectivity index (χ2n) is 8.16. The van der Waals surface area contributed by atoms with Gasteiger partial charge in [-0.3, -0.25) is 9.80 Å². The number of aryl methyl sites for hydroxylation is 1. The quantitative estimate of drug-likeness (QED) is 0.383. The lowest BCUT2D eigenvalue weighted by molar-refractivity contribution is 0.0600. The molecule has 2 aromatic carbocycles. The molecule has 0 aliphatic carbocycles. The number of anilines is 1. The predicted molar refractivity (Wildman–Crippen MR) is 132 cm³/mol. The van der Waals surface area contributed by atoms with E-state index in [0.29, 0.717) is 17.8 Å². The van der Waals surface area contributed by atoms with E-state index in [9.17, 15) is 9.59 Å². The van der Waals surface area contributed by atoms with Crippen LogP contribution in [0.4, 0.5) is 10.5 Å². The predicted octanol–water partition coefficient (Wildman–Crippen LogP) is 5.31. The Hall–Kier alpha value is -3.12. The largest absolute Gasteiger partial charge is 0.465 e. The Kier molecular flexibility index (Phi) is 9.07. The first kappa shape index (κ1) is 24.5. The van der Waals surface area contributed by atoms with Crippen molar-refractivity contribution >= 4 is 23.3 Å². The van der Waals surface area contributed by atoms with Crippen molar-refractivity contribution in [2.45, 2.75) is 33.1 Å². The summed E-state index contributed by atoms with van der Waals surface area (Å²) in [5.74, 6) is -0.452. The van der Waals surface area contributed by atoms with Crippen LogP contribution in [0.15, 0.2) is 54.6 Å². The molecule has 0 aromatic heterocycles. The molecule has 1 heterocycles. The molecular weight excluding hydrogens is 416 g/mol. The minimum atomic E-state index is -0.452. The van der Waals surface area contributed by atoms with Gasteiger partial charge in [-0.1, -0.05) is 48.5 Å². The molecule has 0 N–H and O–H groups in total. The van der Waals surface area contributed by atoms with Gasteiger partial charge in [0.15, 0.2) is 0 Å². The average Bonchev–Trinajstić information content (AvgIpc) is 2.84. The van der Waals surface area contributed by atoms with Gasteiger partial charge in [-0.05, 0) is 62.4 Å². The number of carbonyl (C=O) groups is 2. The Morgan fingerprint density at radius 1 is 1.06 bits per heavy atom. The van der Waals surface area contributed by atoms with Gasteiger partial charge in [0, 0.05) is 19.6 Å². The fourth-order valence-electron chi connectivity index (χ4n) is 4.19. The molecule has 176 valence electrons. The molecule has 0 bridgehead atoms. The zero-order chi connectivity index (χ0) is 23.6. The van der Waals surface area contributed by atoms with Gasteiger partial charge in [0.2, 0.25) is 0 Å². The second-order valence-corrected chi connectivity index (χ2v) is 8.16. The number of benzene rings is 2. The van der Waals surface area contributed by atoms with Crippen LogP contribution in [0, 0.1) is 6.92 Å². The van der Waals surface area contributed by atoms with Crippen LogP contribution in [0.2, 0.25) is 0 Å². The number of methoxy groups -OCH3 is 1. The Morgan fingerprint density at radius 3 is 2.52 bits per heavy atom. The number of hydrogen-bond acceptors (Lipinski definition) is 5. The number of nitrogens with zero attached hydrogens (tertiary/aromatic N) is 2. The molecule has 3 rings (SSSR count). The maximum atomic E-state index is 12.7. The highest BCUT2D eigenvalue weighted by Gasteiger charge is 2.24. The monoisotopic (exact) mass is 450 g/mol. The first-order chi connectivity index (χ1) is 16.0. The van der Waals surface area contributed by atoms with Crippen molar-refractivity contribution in [3.63, 3.8) is 0 Å². The van der Waals surface area contributed by atoms with E-state index >= 15 is 0 Å². The lowest BCUT2D eigenvalue weighted by Crippen LogP contribution is -2.35. The van der Waals surface area contributed by atoms with Crippen molar-refractivity contribution in [1.82, 2.24) is 4.90 Å². The normalized spacial score (nSPS) is 13.8. The zero-order valence-electron chi connectivity index (χ0n) is 19.9. The number of esters is 1. The third kappa shape index (κ3) is 6.45. The van der Waals surface area contributed by atoms with Crippen LogP contribution in [0.3, 0.4) is 0 Å². The van der Waals surface area contributed by atoms with Crippen molar-refractivity contribution in [2.24, 2.45) is 0 Å². The minimum absolute atomic E-state index is 0.276. The van der Waals surface area contributed by atoms with E-state index in [1.54, 1.807) is 17.9 Å². The Balaban J connectivity index is 1.60. The molecule has 0 radical (unpaired) electrons. The van der Waals surface area contributed by atoms with Gasteiger partial charge in [-0.15, -0.1) is 0 Å². The summed E-state index contributed by atoms with van der Waals surface area (Å²) in [6, 6.07) is 16.0. The molecule has 33 heavy (non-hydrogen) atoms. The highest BCUT2D eigenvalue weighted by molar-refractivity contribution is 6.02. The van der Waals surface area contributed by atoms with Crippen molar-refractivity contribution in [3.8, 4) is 0 Å². The van der Waals surface area contributed by atoms with Crippen LogP contribution in [0.5, 0.6) is 0 Å². The average molecular weight is 451 g/mol. The van der Waals surface area contributed by atoms with E-state index in [1.165, 1.54) is 18.2 Å². The van der Waals surface area contributed by atoms with Crippen LogP contribution in [-0.2, 0) is 9.47 Å². The number of carbonyl (C=O) groups excluding carboxylic acids is 2. The lowest BCUT2D eigenvalue weighted by Gasteiger charge is -2.27. The topological polar surface area (TPSA) is 59.1 Å². The lowest BCUT2D eigenvalue weighted by atomic mass is 9.99. The first-order valence-corrected chi connectivity index (χ1v) is 11.6. The molecule has 6 heteroatoms. The number of amides is 1. The van der Waals surface area contributed by atoms with E-state index in [2.05, 4.69) is 35.2 Å². The maximum Gasteiger partial charge on any atom is 0.414 e. The fraction of sp³-hybridized carbons (Fsp3) is 0.407. The molecule has 0 fully saturated rings. The van der Waals surface area contributed by atoms with E-state index in [4.69, 9.17) is 9.47 Å². The smallest absolute Gasteiger partial charge is 0.414 e. The molecule has 0 saturated heterocycles. The zero-order valence-corrected chi connectivity index (χ0v) is 19.9. The van der Waals surface area contributed by atoms with Crippen LogP contribution < -0.4 is 4.90 Å². The van der Waals surface area contributed by atoms with E-state index < -0.39 is 12.1 Å². The summed E-state index contributed by atoms with van der Waals surface area (Å²) < 4.78 is 10.2. The molecular formula is C27H34N2O4. The van der Waals surface area contributed by atoms with Gasteiger partial charge in [-0.2, -0.15) is 0 Å². The SMILES string of the molecule is CCOC(=O)N(CCCCN1CC=C(c2ccccc2)CC1)c1cccc(C)c1C(=O)OC. The standard InChI is InChI=1S/C27H34N2O4/c1-4-33-27(31)29(24-14-10-11-21(2)25(24)26(30)32-3)18-9-8-17-28-19-15-23(16-20-28)22-12-6-5-7-13-22/h5-7,10-15H,4,8-9,16-20H2,1-3H3. The molecule has 1 aliphatic rings. The summed E-state index contributed by atoms with van der Waals surface area (Å²) in [5.41, 5.74) is 4.43. The summed E-state index contributed by atoms with van der Waals surface area (Å²) in [6.07, 6.45) is 4.67. The van der Waals surface area contributed by atoms with E-state index in [0.717, 1.165) is 44.5 Å².